The number of aryl methyl sites for hydroxylation is 2. The van der Waals surface area contributed by atoms with E-state index in [-0.39, 0.29) is 23.9 Å². The molecule has 0 bridgehead atoms. The first-order valence-corrected chi connectivity index (χ1v) is 2.83. The minimum Gasteiger partial charge on any atom is -0.0620 e. The quantitative estimate of drug-likeness (QED) is 0.591. The predicted molar refractivity (Wildman–Crippen MR) is 41.7 cm³/mol. The van der Waals surface area contributed by atoms with Gasteiger partial charge in [0.05, 0.1) is 0 Å². The van der Waals surface area contributed by atoms with E-state index in [1.165, 1.54) is 11.1 Å². The predicted octanol–water partition coefficient (Wildman–Crippen LogP) is 1.92. The van der Waals surface area contributed by atoms with Gasteiger partial charge in [-0.05, 0) is 25.0 Å². The van der Waals surface area contributed by atoms with Gasteiger partial charge in [-0.1, -0.05) is 24.3 Å². The van der Waals surface area contributed by atoms with Crippen LogP contribution in [0.15, 0.2) is 24.3 Å². The molecule has 0 heterocycles. The molecular weight excluding hydrogens is 215 g/mol. The second kappa shape index (κ2) is 3.94. The van der Waals surface area contributed by atoms with Crippen LogP contribution in [-0.2, 0) is 0 Å². The molecule has 4 radical (unpaired) electrons. The van der Waals surface area contributed by atoms with Gasteiger partial charge in [-0.3, -0.25) is 0 Å². The summed E-state index contributed by atoms with van der Waals surface area (Å²) in [7, 11) is 0. The van der Waals surface area contributed by atoms with E-state index in [1.807, 2.05) is 0 Å². The molecule has 0 aromatic heterocycles. The Morgan fingerprint density at radius 2 is 1.22 bits per heavy atom. The Kier molecular flexibility index (Phi) is 3.94. The summed E-state index contributed by atoms with van der Waals surface area (Å²) in [5, 5.41) is 0. The van der Waals surface area contributed by atoms with Crippen molar-refractivity contribution in [2.24, 2.45) is 0 Å². The molecule has 0 N–H and O–H groups in total. The van der Waals surface area contributed by atoms with Crippen molar-refractivity contribution >= 4 is 23.9 Å². The van der Waals surface area contributed by atoms with E-state index in [2.05, 4.69) is 38.1 Å². The second-order valence-electron chi connectivity index (χ2n) is 2.08. The smallest absolute Gasteiger partial charge is 0 e. The van der Waals surface area contributed by atoms with Crippen LogP contribution in [0.25, 0.3) is 0 Å². The van der Waals surface area contributed by atoms with Crippen LogP contribution in [0.1, 0.15) is 11.1 Å². The zero-order valence-corrected chi connectivity index (χ0v) is 8.66. The largest absolute Gasteiger partial charge is 0.0620 e. The fraction of sp³-hybridized carbons (Fsp3) is 0.250. The third-order valence-corrected chi connectivity index (χ3v) is 1.43. The van der Waals surface area contributed by atoms with E-state index in [0.29, 0.717) is 0 Å². The fourth-order valence-corrected chi connectivity index (χ4v) is 0.663. The summed E-state index contributed by atoms with van der Waals surface area (Å²) < 4.78 is 0. The Hall–Kier alpha value is 0.0187. The van der Waals surface area contributed by atoms with Gasteiger partial charge in [-0.25, -0.2) is 0 Å². The number of rotatable bonds is 0. The molecule has 1 heteroatoms. The van der Waals surface area contributed by atoms with Gasteiger partial charge in [0, 0.05) is 23.9 Å². The van der Waals surface area contributed by atoms with Crippen LogP contribution in [0.3, 0.4) is 0 Å². The standard InChI is InChI=1S/C8H10.Sn/c1-7-5-3-4-6-8(7)2;/h3-6H,1-2H3;. The van der Waals surface area contributed by atoms with Crippen molar-refractivity contribution in [3.63, 3.8) is 0 Å². The number of benzene rings is 1. The minimum absolute atomic E-state index is 0. The first kappa shape index (κ1) is 9.02. The van der Waals surface area contributed by atoms with E-state index in [9.17, 15) is 0 Å². The Morgan fingerprint density at radius 1 is 0.889 bits per heavy atom. The van der Waals surface area contributed by atoms with Crippen LogP contribution in [0.2, 0.25) is 0 Å². The van der Waals surface area contributed by atoms with Gasteiger partial charge >= 0.3 is 0 Å². The molecule has 0 saturated carbocycles. The van der Waals surface area contributed by atoms with Gasteiger partial charge in [0.1, 0.15) is 0 Å². The first-order chi connectivity index (χ1) is 3.80. The summed E-state index contributed by atoms with van der Waals surface area (Å²) in [6.45, 7) is 4.24. The zero-order valence-electron chi connectivity index (χ0n) is 5.81. The molecule has 0 nitrogen and oxygen atoms in total. The van der Waals surface area contributed by atoms with Crippen molar-refractivity contribution < 1.29 is 0 Å². The van der Waals surface area contributed by atoms with Gasteiger partial charge < -0.3 is 0 Å². The van der Waals surface area contributed by atoms with Crippen LogP contribution >= 0.6 is 0 Å². The minimum atomic E-state index is 0. The normalized spacial score (nSPS) is 8.22. The maximum Gasteiger partial charge on any atom is 0 e. The Bertz CT molecular complexity index is 161. The van der Waals surface area contributed by atoms with Gasteiger partial charge in [0.25, 0.3) is 0 Å². The molecule has 0 saturated heterocycles. The zero-order chi connectivity index (χ0) is 5.98. The van der Waals surface area contributed by atoms with Crippen LogP contribution < -0.4 is 0 Å². The molecular formula is C8H10Sn. The number of hydrogen-bond acceptors (Lipinski definition) is 0. The average molecular weight is 225 g/mol. The summed E-state index contributed by atoms with van der Waals surface area (Å²) in [4.78, 5) is 0. The van der Waals surface area contributed by atoms with E-state index in [1.54, 1.807) is 0 Å². The SMILES string of the molecule is Cc1ccccc1C.[Sn]. The van der Waals surface area contributed by atoms with Crippen LogP contribution in [0.4, 0.5) is 0 Å². The maximum absolute atomic E-state index is 2.12. The van der Waals surface area contributed by atoms with Crippen molar-refractivity contribution in [1.82, 2.24) is 0 Å². The molecule has 0 aliphatic carbocycles. The molecule has 9 heavy (non-hydrogen) atoms. The fourth-order valence-electron chi connectivity index (χ4n) is 0.663. The summed E-state index contributed by atoms with van der Waals surface area (Å²) >= 11 is 0. The maximum atomic E-state index is 2.12. The van der Waals surface area contributed by atoms with E-state index in [4.69, 9.17) is 0 Å². The van der Waals surface area contributed by atoms with Crippen molar-refractivity contribution in [2.75, 3.05) is 0 Å². The third-order valence-electron chi connectivity index (χ3n) is 1.43. The summed E-state index contributed by atoms with van der Waals surface area (Å²) in [6.07, 6.45) is 0. The summed E-state index contributed by atoms with van der Waals surface area (Å²) in [5.74, 6) is 0. The van der Waals surface area contributed by atoms with Gasteiger partial charge in [0.2, 0.25) is 0 Å². The molecule has 0 atom stereocenters. The second-order valence-corrected chi connectivity index (χ2v) is 2.08. The number of hydrogen-bond donors (Lipinski definition) is 0. The van der Waals surface area contributed by atoms with Gasteiger partial charge in [0.15, 0.2) is 0 Å². The monoisotopic (exact) mass is 226 g/mol. The molecule has 0 fully saturated rings. The Labute approximate surface area is 73.2 Å². The van der Waals surface area contributed by atoms with E-state index in [0.717, 1.165) is 0 Å². The van der Waals surface area contributed by atoms with Crippen molar-refractivity contribution in [3.8, 4) is 0 Å². The molecule has 1 aromatic carbocycles. The van der Waals surface area contributed by atoms with Crippen molar-refractivity contribution in [2.45, 2.75) is 13.8 Å². The molecule has 46 valence electrons. The van der Waals surface area contributed by atoms with Gasteiger partial charge in [-0.2, -0.15) is 0 Å². The Morgan fingerprint density at radius 3 is 1.44 bits per heavy atom. The van der Waals surface area contributed by atoms with Crippen LogP contribution in [0.5, 0.6) is 0 Å². The van der Waals surface area contributed by atoms with Crippen LogP contribution in [0, 0.1) is 13.8 Å². The Balaban J connectivity index is 0.000000640. The van der Waals surface area contributed by atoms with Crippen LogP contribution in [-0.4, -0.2) is 23.9 Å². The molecule has 1 rings (SSSR count). The van der Waals surface area contributed by atoms with E-state index < -0.39 is 0 Å². The molecule has 1 aromatic rings. The summed E-state index contributed by atoms with van der Waals surface area (Å²) in [6, 6.07) is 8.36. The third kappa shape index (κ3) is 2.39. The molecule has 0 aliphatic rings. The van der Waals surface area contributed by atoms with Crippen molar-refractivity contribution in [3.05, 3.63) is 35.4 Å². The molecule has 0 aliphatic heterocycles. The topological polar surface area (TPSA) is 0 Å². The molecule has 0 spiro atoms. The summed E-state index contributed by atoms with van der Waals surface area (Å²) in [5.41, 5.74) is 2.74. The average Bonchev–Trinajstić information content (AvgIpc) is 1.77. The first-order valence-electron chi connectivity index (χ1n) is 2.83. The van der Waals surface area contributed by atoms with Gasteiger partial charge in [-0.15, -0.1) is 0 Å². The van der Waals surface area contributed by atoms with Crippen molar-refractivity contribution in [1.29, 1.82) is 0 Å². The molecule has 0 unspecified atom stereocenters. The molecule has 0 amide bonds. The van der Waals surface area contributed by atoms with E-state index >= 15 is 0 Å².